The first-order valence-electron chi connectivity index (χ1n) is 16.9. The second-order valence-electron chi connectivity index (χ2n) is 12.9. The molecule has 0 atom stereocenters. The normalized spacial score (nSPS) is 12.0. The van der Waals surface area contributed by atoms with Crippen LogP contribution in [0.1, 0.15) is 0 Å². The molecule has 8 aromatic carbocycles. The molecule has 0 aliphatic carbocycles. The first-order valence-corrected chi connectivity index (χ1v) is 16.9. The summed E-state index contributed by atoms with van der Waals surface area (Å²) in [6.45, 7) is 0. The summed E-state index contributed by atoms with van der Waals surface area (Å²) < 4.78 is 8.94. The molecule has 0 aliphatic heterocycles. The van der Waals surface area contributed by atoms with Crippen molar-refractivity contribution in [3.05, 3.63) is 164 Å². The van der Waals surface area contributed by atoms with Gasteiger partial charge in [0.2, 0.25) is 0 Å². The molecule has 11 rings (SSSR count). The third-order valence-corrected chi connectivity index (χ3v) is 10.2. The average molecular weight is 638 g/mol. The molecule has 0 unspecified atom stereocenters. The largest absolute Gasteiger partial charge is 0.456 e. The zero-order valence-corrected chi connectivity index (χ0v) is 26.8. The van der Waals surface area contributed by atoms with Crippen LogP contribution in [0.2, 0.25) is 0 Å². The zero-order valence-electron chi connectivity index (χ0n) is 26.8. The number of nitrogens with zero attached hydrogens (tertiary/aromatic N) is 3. The van der Waals surface area contributed by atoms with Crippen LogP contribution in [-0.2, 0) is 0 Å². The van der Waals surface area contributed by atoms with E-state index in [0.29, 0.717) is 5.82 Å². The third kappa shape index (κ3) is 3.87. The van der Waals surface area contributed by atoms with Gasteiger partial charge < -0.3 is 8.98 Å². The van der Waals surface area contributed by atoms with Crippen molar-refractivity contribution in [2.45, 2.75) is 0 Å². The minimum Gasteiger partial charge on any atom is -0.456 e. The Labute approximate surface area is 286 Å². The quantitative estimate of drug-likeness (QED) is 0.181. The van der Waals surface area contributed by atoms with Crippen molar-refractivity contribution < 1.29 is 4.42 Å². The van der Waals surface area contributed by atoms with Gasteiger partial charge in [-0.2, -0.15) is 0 Å². The SMILES string of the molecule is c1ccc2c(c1)cc(-c1nc(-c3cccc4oc5cc(-n6c7ccccc7c7ccccc76)ccc5c34)nc3ccccc13)c1ccccc12. The number of furan rings is 1. The number of hydrogen-bond acceptors (Lipinski definition) is 3. The van der Waals surface area contributed by atoms with E-state index in [4.69, 9.17) is 14.4 Å². The molecular weight excluding hydrogens is 611 g/mol. The number of para-hydroxylation sites is 3. The van der Waals surface area contributed by atoms with Crippen LogP contribution in [0, 0.1) is 0 Å². The fourth-order valence-corrected chi connectivity index (χ4v) is 7.99. The predicted molar refractivity (Wildman–Crippen MR) is 207 cm³/mol. The minimum atomic E-state index is 0.677. The molecule has 0 saturated carbocycles. The monoisotopic (exact) mass is 637 g/mol. The molecule has 0 saturated heterocycles. The molecule has 50 heavy (non-hydrogen) atoms. The Morgan fingerprint density at radius 2 is 1.08 bits per heavy atom. The van der Waals surface area contributed by atoms with E-state index in [1.54, 1.807) is 0 Å². The molecule has 4 nitrogen and oxygen atoms in total. The highest BCUT2D eigenvalue weighted by molar-refractivity contribution is 6.17. The lowest BCUT2D eigenvalue weighted by atomic mass is 9.94. The van der Waals surface area contributed by atoms with Crippen LogP contribution in [-0.4, -0.2) is 14.5 Å². The minimum absolute atomic E-state index is 0.677. The van der Waals surface area contributed by atoms with Crippen LogP contribution in [0.25, 0.3) is 105 Å². The number of aromatic nitrogens is 3. The molecule has 11 aromatic rings. The molecule has 3 aromatic heterocycles. The van der Waals surface area contributed by atoms with Crippen LogP contribution in [0.3, 0.4) is 0 Å². The highest BCUT2D eigenvalue weighted by atomic mass is 16.3. The molecule has 232 valence electrons. The van der Waals surface area contributed by atoms with E-state index < -0.39 is 0 Å². The van der Waals surface area contributed by atoms with Crippen LogP contribution in [0.15, 0.2) is 168 Å². The van der Waals surface area contributed by atoms with Gasteiger partial charge in [0.25, 0.3) is 0 Å². The fraction of sp³-hybridized carbons (Fsp3) is 0. The second kappa shape index (κ2) is 10.4. The Hall–Kier alpha value is -6.78. The van der Waals surface area contributed by atoms with Crippen molar-refractivity contribution in [3.63, 3.8) is 0 Å². The summed E-state index contributed by atoms with van der Waals surface area (Å²) in [6, 6.07) is 57.7. The molecule has 0 bridgehead atoms. The van der Waals surface area contributed by atoms with E-state index in [9.17, 15) is 0 Å². The van der Waals surface area contributed by atoms with Gasteiger partial charge in [-0.05, 0) is 64.0 Å². The van der Waals surface area contributed by atoms with Crippen LogP contribution >= 0.6 is 0 Å². The summed E-state index contributed by atoms with van der Waals surface area (Å²) in [5.41, 5.74) is 8.91. The van der Waals surface area contributed by atoms with Gasteiger partial charge in [-0.25, -0.2) is 9.97 Å². The van der Waals surface area contributed by atoms with E-state index in [1.165, 1.54) is 43.4 Å². The number of rotatable bonds is 3. The Balaban J connectivity index is 1.15. The van der Waals surface area contributed by atoms with Crippen molar-refractivity contribution >= 4 is 76.2 Å². The van der Waals surface area contributed by atoms with E-state index in [2.05, 4.69) is 150 Å². The summed E-state index contributed by atoms with van der Waals surface area (Å²) in [5, 5.41) is 10.4. The van der Waals surface area contributed by atoms with Crippen LogP contribution < -0.4 is 0 Å². The first-order chi connectivity index (χ1) is 24.8. The standard InChI is InChI=1S/C46H27N3O/c1-2-13-30-28(12-1)26-38(32-15-4-3-14-31(30)32)45-35-18-5-8-20-39(35)47-46(48-45)37-19-11-23-42-44(37)36-25-24-29(27-43(36)50-42)49-40-21-9-6-16-33(40)34-17-7-10-22-41(34)49/h1-27H. The predicted octanol–water partition coefficient (Wildman–Crippen LogP) is 12.3. The molecule has 4 heteroatoms. The Kier molecular flexibility index (Phi) is 5.63. The lowest BCUT2D eigenvalue weighted by molar-refractivity contribution is 0.668. The summed E-state index contributed by atoms with van der Waals surface area (Å²) >= 11 is 0. The van der Waals surface area contributed by atoms with E-state index in [-0.39, 0.29) is 0 Å². The first kappa shape index (κ1) is 27.2. The Morgan fingerprint density at radius 1 is 0.420 bits per heavy atom. The Bertz CT molecular complexity index is 3110. The topological polar surface area (TPSA) is 43.9 Å². The van der Waals surface area contributed by atoms with Gasteiger partial charge in [0.15, 0.2) is 5.82 Å². The van der Waals surface area contributed by atoms with Crippen molar-refractivity contribution in [1.82, 2.24) is 14.5 Å². The maximum Gasteiger partial charge on any atom is 0.161 e. The van der Waals surface area contributed by atoms with Crippen LogP contribution in [0.5, 0.6) is 0 Å². The molecular formula is C46H27N3O. The highest BCUT2D eigenvalue weighted by Gasteiger charge is 2.20. The maximum atomic E-state index is 6.62. The van der Waals surface area contributed by atoms with Gasteiger partial charge in [0.1, 0.15) is 11.2 Å². The number of benzene rings is 8. The molecule has 0 N–H and O–H groups in total. The summed E-state index contributed by atoms with van der Waals surface area (Å²) in [5.74, 6) is 0.677. The lowest BCUT2D eigenvalue weighted by Crippen LogP contribution is -1.96. The maximum absolute atomic E-state index is 6.62. The van der Waals surface area contributed by atoms with Crippen molar-refractivity contribution in [1.29, 1.82) is 0 Å². The lowest BCUT2D eigenvalue weighted by Gasteiger charge is -2.14. The molecule has 0 aliphatic rings. The molecule has 0 amide bonds. The van der Waals surface area contributed by atoms with E-state index >= 15 is 0 Å². The van der Waals surface area contributed by atoms with E-state index in [0.717, 1.165) is 55.3 Å². The molecule has 0 fully saturated rings. The fourth-order valence-electron chi connectivity index (χ4n) is 7.99. The van der Waals surface area contributed by atoms with Crippen LogP contribution in [0.4, 0.5) is 0 Å². The van der Waals surface area contributed by atoms with Gasteiger partial charge in [-0.1, -0.05) is 115 Å². The Morgan fingerprint density at radius 3 is 1.88 bits per heavy atom. The molecule has 0 radical (unpaired) electrons. The average Bonchev–Trinajstić information content (AvgIpc) is 3.72. The van der Waals surface area contributed by atoms with Crippen molar-refractivity contribution in [2.75, 3.05) is 0 Å². The van der Waals surface area contributed by atoms with Gasteiger partial charge in [-0.15, -0.1) is 0 Å². The summed E-state index contributed by atoms with van der Waals surface area (Å²) in [6.07, 6.45) is 0. The summed E-state index contributed by atoms with van der Waals surface area (Å²) in [7, 11) is 0. The van der Waals surface area contributed by atoms with Gasteiger partial charge in [0, 0.05) is 49.8 Å². The van der Waals surface area contributed by atoms with E-state index in [1.807, 2.05) is 18.2 Å². The number of fused-ring (bicyclic) bond motifs is 10. The highest BCUT2D eigenvalue weighted by Crippen LogP contribution is 2.41. The molecule has 0 spiro atoms. The zero-order chi connectivity index (χ0) is 32.8. The smallest absolute Gasteiger partial charge is 0.161 e. The van der Waals surface area contributed by atoms with Gasteiger partial charge in [0.05, 0.1) is 22.2 Å². The third-order valence-electron chi connectivity index (χ3n) is 10.2. The van der Waals surface area contributed by atoms with Gasteiger partial charge >= 0.3 is 0 Å². The molecule has 3 heterocycles. The van der Waals surface area contributed by atoms with Gasteiger partial charge in [-0.3, -0.25) is 0 Å². The number of hydrogen-bond donors (Lipinski definition) is 0. The van der Waals surface area contributed by atoms with Crippen molar-refractivity contribution in [3.8, 4) is 28.3 Å². The van der Waals surface area contributed by atoms with Crippen molar-refractivity contribution in [2.24, 2.45) is 0 Å². The second-order valence-corrected chi connectivity index (χ2v) is 12.9. The summed E-state index contributed by atoms with van der Waals surface area (Å²) in [4.78, 5) is 10.6.